The Morgan fingerprint density at radius 2 is 2.44 bits per heavy atom. The van der Waals surface area contributed by atoms with Crippen LogP contribution in [0.25, 0.3) is 0 Å². The molecule has 0 heterocycles. The Hall–Kier alpha value is -0.380. The van der Waals surface area contributed by atoms with Crippen molar-refractivity contribution >= 4 is 18.0 Å². The van der Waals surface area contributed by atoms with Gasteiger partial charge in [0, 0.05) is 5.25 Å². The molecule has 0 fully saturated rings. The quantitative estimate of drug-likeness (QED) is 0.600. The third-order valence-electron chi connectivity index (χ3n) is 0.922. The summed E-state index contributed by atoms with van der Waals surface area (Å²) in [6.07, 6.45) is 0.00519. The van der Waals surface area contributed by atoms with Gasteiger partial charge in [-0.3, -0.25) is 4.72 Å². The molecule has 1 amide bonds. The predicted molar refractivity (Wildman–Crippen MR) is 38.5 cm³/mol. The molecule has 54 valence electrons. The first-order valence-corrected chi connectivity index (χ1v) is 3.69. The molecular formula is C5H11NO2S. The van der Waals surface area contributed by atoms with Crippen LogP contribution in [0.1, 0.15) is 20.3 Å². The van der Waals surface area contributed by atoms with Gasteiger partial charge in [0.1, 0.15) is 0 Å². The van der Waals surface area contributed by atoms with E-state index in [4.69, 9.17) is 5.11 Å². The van der Waals surface area contributed by atoms with Crippen molar-refractivity contribution in [2.45, 2.75) is 25.5 Å². The van der Waals surface area contributed by atoms with Crippen LogP contribution in [0.15, 0.2) is 0 Å². The van der Waals surface area contributed by atoms with Crippen LogP contribution in [0, 0.1) is 0 Å². The molecule has 0 saturated carbocycles. The number of hydrogen-bond acceptors (Lipinski definition) is 2. The smallest absolute Gasteiger partial charge is 0.414 e. The second kappa shape index (κ2) is 4.49. The van der Waals surface area contributed by atoms with Crippen LogP contribution in [0.5, 0.6) is 0 Å². The molecule has 3 nitrogen and oxygen atoms in total. The van der Waals surface area contributed by atoms with Crippen LogP contribution in [0.2, 0.25) is 0 Å². The normalized spacial score (nSPS) is 12.7. The van der Waals surface area contributed by atoms with E-state index in [0.717, 1.165) is 6.42 Å². The molecule has 0 aromatic heterocycles. The second-order valence-electron chi connectivity index (χ2n) is 1.74. The summed E-state index contributed by atoms with van der Waals surface area (Å²) in [6, 6.07) is 0. The van der Waals surface area contributed by atoms with Gasteiger partial charge in [0.2, 0.25) is 0 Å². The van der Waals surface area contributed by atoms with Crippen molar-refractivity contribution in [1.29, 1.82) is 0 Å². The lowest BCUT2D eigenvalue weighted by atomic mass is 10.4. The molecule has 0 radical (unpaired) electrons. The summed E-state index contributed by atoms with van der Waals surface area (Å²) in [5.41, 5.74) is 0. The molecule has 0 saturated heterocycles. The first-order chi connectivity index (χ1) is 4.16. The topological polar surface area (TPSA) is 49.3 Å². The first kappa shape index (κ1) is 8.62. The molecule has 0 aromatic carbocycles. The van der Waals surface area contributed by atoms with E-state index in [2.05, 4.69) is 4.72 Å². The highest BCUT2D eigenvalue weighted by atomic mass is 32.2. The van der Waals surface area contributed by atoms with E-state index in [0.29, 0.717) is 5.25 Å². The van der Waals surface area contributed by atoms with E-state index >= 15 is 0 Å². The van der Waals surface area contributed by atoms with Gasteiger partial charge in [0.05, 0.1) is 0 Å². The van der Waals surface area contributed by atoms with Gasteiger partial charge in [-0.15, -0.1) is 0 Å². The summed E-state index contributed by atoms with van der Waals surface area (Å²) in [7, 11) is 0. The lowest BCUT2D eigenvalue weighted by Crippen LogP contribution is -2.15. The fraction of sp³-hybridized carbons (Fsp3) is 0.800. The maximum atomic E-state index is 9.89. The van der Waals surface area contributed by atoms with Gasteiger partial charge < -0.3 is 5.11 Å². The Morgan fingerprint density at radius 3 is 2.78 bits per heavy atom. The van der Waals surface area contributed by atoms with E-state index in [9.17, 15) is 4.79 Å². The maximum absolute atomic E-state index is 9.89. The van der Waals surface area contributed by atoms with Gasteiger partial charge in [-0.25, -0.2) is 4.79 Å². The molecule has 0 rings (SSSR count). The zero-order valence-electron chi connectivity index (χ0n) is 5.55. The number of carboxylic acid groups (broad SMARTS) is 1. The van der Waals surface area contributed by atoms with Gasteiger partial charge in [0.15, 0.2) is 0 Å². The van der Waals surface area contributed by atoms with Crippen molar-refractivity contribution in [3.8, 4) is 0 Å². The highest BCUT2D eigenvalue weighted by molar-refractivity contribution is 7.98. The number of rotatable bonds is 3. The Kier molecular flexibility index (Phi) is 4.30. The van der Waals surface area contributed by atoms with Gasteiger partial charge in [-0.05, 0) is 18.4 Å². The van der Waals surface area contributed by atoms with Crippen LogP contribution in [0.3, 0.4) is 0 Å². The minimum Gasteiger partial charge on any atom is -0.464 e. The third-order valence-corrected chi connectivity index (χ3v) is 1.95. The molecule has 0 aliphatic heterocycles. The molecule has 0 aliphatic rings. The fourth-order valence-electron chi connectivity index (χ4n) is 0.234. The number of carbonyl (C=O) groups is 1. The third kappa shape index (κ3) is 5.49. The average molecular weight is 149 g/mol. The zero-order valence-corrected chi connectivity index (χ0v) is 6.36. The van der Waals surface area contributed by atoms with E-state index in [1.54, 1.807) is 0 Å². The minimum absolute atomic E-state index is 0.362. The summed E-state index contributed by atoms with van der Waals surface area (Å²) in [5.74, 6) is 0. The SMILES string of the molecule is CCC(C)SNC(=O)O. The van der Waals surface area contributed by atoms with Crippen molar-refractivity contribution in [3.63, 3.8) is 0 Å². The van der Waals surface area contributed by atoms with Gasteiger partial charge >= 0.3 is 6.09 Å². The maximum Gasteiger partial charge on any atom is 0.414 e. The number of hydrogen-bond donors (Lipinski definition) is 2. The summed E-state index contributed by atoms with van der Waals surface area (Å²) in [6.45, 7) is 3.99. The molecule has 0 aliphatic carbocycles. The average Bonchev–Trinajstić information content (AvgIpc) is 1.83. The van der Waals surface area contributed by atoms with E-state index in [1.807, 2.05) is 13.8 Å². The summed E-state index contributed by atoms with van der Waals surface area (Å²) < 4.78 is 2.23. The largest absolute Gasteiger partial charge is 0.464 e. The van der Waals surface area contributed by atoms with Crippen molar-refractivity contribution in [2.75, 3.05) is 0 Å². The van der Waals surface area contributed by atoms with Gasteiger partial charge in [-0.1, -0.05) is 13.8 Å². The molecule has 2 N–H and O–H groups in total. The van der Waals surface area contributed by atoms with Crippen molar-refractivity contribution in [3.05, 3.63) is 0 Å². The van der Waals surface area contributed by atoms with Crippen molar-refractivity contribution in [2.24, 2.45) is 0 Å². The van der Waals surface area contributed by atoms with Crippen molar-refractivity contribution in [1.82, 2.24) is 4.72 Å². The molecule has 1 unspecified atom stereocenters. The highest BCUT2D eigenvalue weighted by Crippen LogP contribution is 2.07. The Labute approximate surface area is 59.0 Å². The summed E-state index contributed by atoms with van der Waals surface area (Å²) in [4.78, 5) is 9.89. The predicted octanol–water partition coefficient (Wildman–Crippen LogP) is 1.70. The van der Waals surface area contributed by atoms with Gasteiger partial charge in [-0.2, -0.15) is 0 Å². The first-order valence-electron chi connectivity index (χ1n) is 2.81. The Morgan fingerprint density at radius 1 is 1.89 bits per heavy atom. The standard InChI is InChI=1S/C5H11NO2S/c1-3-4(2)9-6-5(7)8/h4,6H,3H2,1-2H3,(H,7,8). The van der Waals surface area contributed by atoms with Crippen LogP contribution in [-0.2, 0) is 0 Å². The molecular weight excluding hydrogens is 138 g/mol. The minimum atomic E-state index is -0.972. The Bertz CT molecular complexity index is 97.0. The molecule has 0 spiro atoms. The Balaban J connectivity index is 3.16. The highest BCUT2D eigenvalue weighted by Gasteiger charge is 2.00. The number of nitrogens with one attached hydrogen (secondary N) is 1. The van der Waals surface area contributed by atoms with Crippen LogP contribution < -0.4 is 4.72 Å². The molecule has 0 aromatic rings. The summed E-state index contributed by atoms with van der Waals surface area (Å²) >= 11 is 1.23. The molecule has 9 heavy (non-hydrogen) atoms. The number of amides is 1. The summed E-state index contributed by atoms with van der Waals surface area (Å²) in [5, 5.41) is 8.49. The zero-order chi connectivity index (χ0) is 7.28. The fourth-order valence-corrected chi connectivity index (χ4v) is 0.703. The van der Waals surface area contributed by atoms with E-state index in [-0.39, 0.29) is 0 Å². The van der Waals surface area contributed by atoms with Crippen LogP contribution in [0.4, 0.5) is 4.79 Å². The van der Waals surface area contributed by atoms with Crippen LogP contribution >= 0.6 is 11.9 Å². The van der Waals surface area contributed by atoms with E-state index in [1.165, 1.54) is 11.9 Å². The van der Waals surface area contributed by atoms with Gasteiger partial charge in [0.25, 0.3) is 0 Å². The molecule has 1 atom stereocenters. The van der Waals surface area contributed by atoms with Crippen LogP contribution in [-0.4, -0.2) is 16.4 Å². The molecule has 4 heteroatoms. The van der Waals surface area contributed by atoms with E-state index < -0.39 is 6.09 Å². The second-order valence-corrected chi connectivity index (χ2v) is 2.99. The molecule has 0 bridgehead atoms. The van der Waals surface area contributed by atoms with Crippen molar-refractivity contribution < 1.29 is 9.90 Å². The monoisotopic (exact) mass is 149 g/mol. The lowest BCUT2D eigenvalue weighted by Gasteiger charge is -2.04. The lowest BCUT2D eigenvalue weighted by molar-refractivity contribution is 0.202.